The molecule has 0 radical (unpaired) electrons. The number of esters is 2. The quantitative estimate of drug-likeness (QED) is 0.373. The van der Waals surface area contributed by atoms with Crippen molar-refractivity contribution in [2.45, 2.75) is 27.7 Å². The Labute approximate surface area is 210 Å². The number of nitrogens with zero attached hydrogens (tertiary/aromatic N) is 2. The summed E-state index contributed by atoms with van der Waals surface area (Å²) in [6.45, 7) is 7.51. The first-order chi connectivity index (χ1) is 17.2. The summed E-state index contributed by atoms with van der Waals surface area (Å²) in [7, 11) is 2.65. The van der Waals surface area contributed by atoms with Crippen molar-refractivity contribution in [3.05, 3.63) is 99.5 Å². The SMILES string of the molecule is COC(=O)C1=C(C)N(c2cccc(C)c2)C(=O)/C1=C\c1cc(C)n(-c2ccccc2C(=O)OC)c1C. The lowest BCUT2D eigenvalue weighted by Gasteiger charge is -2.18. The van der Waals surface area contributed by atoms with Gasteiger partial charge in [-0.05, 0) is 75.2 Å². The van der Waals surface area contributed by atoms with E-state index in [1.54, 1.807) is 25.1 Å². The molecule has 7 heteroatoms. The standard InChI is InChI=1S/C29H28N2O5/c1-17-10-9-11-22(14-17)31-20(4)26(29(34)36-6)24(27(31)32)16-21-15-18(2)30(19(21)3)25-13-8-7-12-23(25)28(33)35-5/h7-16H,1-6H3/b24-16-. The summed E-state index contributed by atoms with van der Waals surface area (Å²) in [4.78, 5) is 40.4. The molecular weight excluding hydrogens is 456 g/mol. The molecule has 4 rings (SSSR count). The second kappa shape index (κ2) is 9.70. The Balaban J connectivity index is 1.87. The molecule has 2 aromatic carbocycles. The summed E-state index contributed by atoms with van der Waals surface area (Å²) in [5, 5.41) is 0. The van der Waals surface area contributed by atoms with Crippen molar-refractivity contribution in [3.8, 4) is 5.69 Å². The van der Waals surface area contributed by atoms with Gasteiger partial charge in [-0.3, -0.25) is 9.69 Å². The highest BCUT2D eigenvalue weighted by Gasteiger charge is 2.38. The minimum atomic E-state index is -0.577. The number of methoxy groups -OCH3 is 2. The molecule has 7 nitrogen and oxygen atoms in total. The number of para-hydroxylation sites is 1. The Morgan fingerprint density at radius 1 is 0.861 bits per heavy atom. The van der Waals surface area contributed by atoms with Gasteiger partial charge in [0, 0.05) is 22.8 Å². The van der Waals surface area contributed by atoms with Gasteiger partial charge in [0.15, 0.2) is 0 Å². The molecular formula is C29H28N2O5. The smallest absolute Gasteiger partial charge is 0.340 e. The average molecular weight is 485 g/mol. The number of allylic oxidation sites excluding steroid dienone is 1. The summed E-state index contributed by atoms with van der Waals surface area (Å²) in [5.41, 5.74) is 6.17. The Kier molecular flexibility index (Phi) is 6.66. The Morgan fingerprint density at radius 2 is 1.56 bits per heavy atom. The van der Waals surface area contributed by atoms with Gasteiger partial charge in [-0.2, -0.15) is 0 Å². The van der Waals surface area contributed by atoms with Crippen molar-refractivity contribution < 1.29 is 23.9 Å². The molecule has 3 aromatic rings. The molecule has 0 bridgehead atoms. The van der Waals surface area contributed by atoms with Crippen LogP contribution in [0.15, 0.2) is 71.4 Å². The van der Waals surface area contributed by atoms with Crippen molar-refractivity contribution in [1.29, 1.82) is 0 Å². The normalized spacial score (nSPS) is 14.6. The van der Waals surface area contributed by atoms with Crippen LogP contribution in [-0.2, 0) is 19.1 Å². The fourth-order valence-corrected chi connectivity index (χ4v) is 4.67. The van der Waals surface area contributed by atoms with Gasteiger partial charge >= 0.3 is 11.9 Å². The number of carbonyl (C=O) groups excluding carboxylic acids is 3. The van der Waals surface area contributed by atoms with Gasteiger partial charge in [0.2, 0.25) is 0 Å². The lowest BCUT2D eigenvalue weighted by molar-refractivity contribution is -0.136. The maximum atomic E-state index is 13.7. The van der Waals surface area contributed by atoms with E-state index in [-0.39, 0.29) is 17.1 Å². The highest BCUT2D eigenvalue weighted by Crippen LogP contribution is 2.36. The molecule has 0 aliphatic carbocycles. The highest BCUT2D eigenvalue weighted by atomic mass is 16.5. The molecule has 1 aliphatic rings. The molecule has 184 valence electrons. The fourth-order valence-electron chi connectivity index (χ4n) is 4.67. The van der Waals surface area contributed by atoms with Crippen LogP contribution in [0, 0.1) is 20.8 Å². The molecule has 36 heavy (non-hydrogen) atoms. The Morgan fingerprint density at radius 3 is 2.22 bits per heavy atom. The van der Waals surface area contributed by atoms with Crippen LogP contribution < -0.4 is 4.90 Å². The lowest BCUT2D eigenvalue weighted by atomic mass is 10.0. The topological polar surface area (TPSA) is 77.8 Å². The van der Waals surface area contributed by atoms with Crippen molar-refractivity contribution in [1.82, 2.24) is 4.57 Å². The molecule has 0 N–H and O–H groups in total. The predicted molar refractivity (Wildman–Crippen MR) is 138 cm³/mol. The molecule has 0 saturated heterocycles. The minimum absolute atomic E-state index is 0.226. The zero-order valence-corrected chi connectivity index (χ0v) is 21.2. The molecule has 0 saturated carbocycles. The van der Waals surface area contributed by atoms with E-state index in [1.165, 1.54) is 19.1 Å². The van der Waals surface area contributed by atoms with Crippen molar-refractivity contribution in [3.63, 3.8) is 0 Å². The van der Waals surface area contributed by atoms with Gasteiger partial charge in [0.25, 0.3) is 5.91 Å². The second-order valence-electron chi connectivity index (χ2n) is 8.66. The molecule has 1 aromatic heterocycles. The van der Waals surface area contributed by atoms with Crippen LogP contribution in [0.1, 0.15) is 39.8 Å². The van der Waals surface area contributed by atoms with Crippen LogP contribution in [0.3, 0.4) is 0 Å². The van der Waals surface area contributed by atoms with E-state index in [0.29, 0.717) is 22.6 Å². The Bertz CT molecular complexity index is 1460. The van der Waals surface area contributed by atoms with E-state index in [4.69, 9.17) is 9.47 Å². The van der Waals surface area contributed by atoms with Gasteiger partial charge in [-0.1, -0.05) is 24.3 Å². The van der Waals surface area contributed by atoms with E-state index in [2.05, 4.69) is 0 Å². The van der Waals surface area contributed by atoms with Gasteiger partial charge in [-0.25, -0.2) is 9.59 Å². The van der Waals surface area contributed by atoms with Gasteiger partial charge in [0.05, 0.1) is 36.6 Å². The number of carbonyl (C=O) groups is 3. The molecule has 2 heterocycles. The van der Waals surface area contributed by atoms with Crippen LogP contribution in [-0.4, -0.2) is 36.6 Å². The van der Waals surface area contributed by atoms with Crippen LogP contribution in [0.2, 0.25) is 0 Å². The van der Waals surface area contributed by atoms with Crippen LogP contribution in [0.5, 0.6) is 0 Å². The number of anilines is 1. The molecule has 0 atom stereocenters. The predicted octanol–water partition coefficient (Wildman–Crippen LogP) is 5.07. The van der Waals surface area contributed by atoms with Crippen LogP contribution in [0.25, 0.3) is 11.8 Å². The van der Waals surface area contributed by atoms with Crippen molar-refractivity contribution in [2.75, 3.05) is 19.1 Å². The van der Waals surface area contributed by atoms with Crippen molar-refractivity contribution in [2.24, 2.45) is 0 Å². The number of rotatable bonds is 5. The average Bonchev–Trinajstić information content (AvgIpc) is 3.28. The van der Waals surface area contributed by atoms with E-state index in [0.717, 1.165) is 22.5 Å². The first kappa shape index (κ1) is 24.7. The number of hydrogen-bond acceptors (Lipinski definition) is 5. The third kappa shape index (κ3) is 4.13. The molecule has 0 unspecified atom stereocenters. The monoisotopic (exact) mass is 484 g/mol. The van der Waals surface area contributed by atoms with E-state index >= 15 is 0 Å². The summed E-state index contributed by atoms with van der Waals surface area (Å²) < 4.78 is 11.9. The summed E-state index contributed by atoms with van der Waals surface area (Å²) in [6, 6.07) is 16.6. The van der Waals surface area contributed by atoms with Gasteiger partial charge in [0.1, 0.15) is 0 Å². The molecule has 1 aliphatic heterocycles. The summed E-state index contributed by atoms with van der Waals surface area (Å²) in [5.74, 6) is -1.32. The fraction of sp³-hybridized carbons (Fsp3) is 0.207. The number of benzene rings is 2. The van der Waals surface area contributed by atoms with Crippen molar-refractivity contribution >= 4 is 29.6 Å². The van der Waals surface area contributed by atoms with E-state index < -0.39 is 11.9 Å². The molecule has 1 amide bonds. The first-order valence-electron chi connectivity index (χ1n) is 11.5. The largest absolute Gasteiger partial charge is 0.465 e. The van der Waals surface area contributed by atoms with E-state index in [9.17, 15) is 14.4 Å². The number of aryl methyl sites for hydroxylation is 2. The second-order valence-corrected chi connectivity index (χ2v) is 8.66. The van der Waals surface area contributed by atoms with E-state index in [1.807, 2.05) is 67.8 Å². The lowest BCUT2D eigenvalue weighted by Crippen LogP contribution is -2.24. The first-order valence-corrected chi connectivity index (χ1v) is 11.5. The zero-order valence-electron chi connectivity index (χ0n) is 21.2. The minimum Gasteiger partial charge on any atom is -0.465 e. The number of hydrogen-bond donors (Lipinski definition) is 0. The summed E-state index contributed by atoms with van der Waals surface area (Å²) in [6.07, 6.45) is 1.72. The van der Waals surface area contributed by atoms with Crippen LogP contribution >= 0.6 is 0 Å². The molecule has 0 fully saturated rings. The van der Waals surface area contributed by atoms with Gasteiger partial charge < -0.3 is 14.0 Å². The third-order valence-electron chi connectivity index (χ3n) is 6.37. The zero-order chi connectivity index (χ0) is 26.1. The Hall–Kier alpha value is -4.39. The number of amides is 1. The third-order valence-corrected chi connectivity index (χ3v) is 6.37. The van der Waals surface area contributed by atoms with Crippen LogP contribution in [0.4, 0.5) is 5.69 Å². The highest BCUT2D eigenvalue weighted by molar-refractivity contribution is 6.23. The molecule has 0 spiro atoms. The number of aromatic nitrogens is 1. The van der Waals surface area contributed by atoms with Gasteiger partial charge in [-0.15, -0.1) is 0 Å². The summed E-state index contributed by atoms with van der Waals surface area (Å²) >= 11 is 0. The maximum Gasteiger partial charge on any atom is 0.340 e. The number of ether oxygens (including phenoxy) is 2. The maximum absolute atomic E-state index is 13.7.